The summed E-state index contributed by atoms with van der Waals surface area (Å²) in [5.41, 5.74) is 15.5. The Morgan fingerprint density at radius 1 is 0.840 bits per heavy atom. The molecule has 124 valence electrons. The molecule has 2 heteroatoms. The molecular weight excluding hydrogens is 306 g/mol. The lowest BCUT2D eigenvalue weighted by Gasteiger charge is -2.22. The van der Waals surface area contributed by atoms with E-state index in [1.807, 2.05) is 6.07 Å². The highest BCUT2D eigenvalue weighted by atomic mass is 16.5. The maximum atomic E-state index is 6.73. The van der Waals surface area contributed by atoms with Crippen LogP contribution in [0.5, 0.6) is 5.75 Å². The monoisotopic (exact) mass is 327 g/mol. The number of fused-ring (bicyclic) bond motifs is 3. The number of hydrogen-bond donors (Lipinski definition) is 1. The topological polar surface area (TPSA) is 35.2 Å². The number of hydrogen-bond acceptors (Lipinski definition) is 2. The van der Waals surface area contributed by atoms with Gasteiger partial charge in [-0.3, -0.25) is 0 Å². The van der Waals surface area contributed by atoms with Crippen molar-refractivity contribution in [1.82, 2.24) is 0 Å². The second-order valence-electron chi connectivity index (χ2n) is 7.17. The minimum Gasteiger partial charge on any atom is -0.496 e. The Morgan fingerprint density at radius 2 is 1.60 bits per heavy atom. The Morgan fingerprint density at radius 3 is 2.40 bits per heavy atom. The average Bonchev–Trinajstić information content (AvgIpc) is 3.36. The van der Waals surface area contributed by atoms with Gasteiger partial charge in [0.25, 0.3) is 0 Å². The molecule has 0 heterocycles. The van der Waals surface area contributed by atoms with Crippen molar-refractivity contribution in [3.05, 3.63) is 82.9 Å². The standard InChI is InChI=1S/C23H21NO/c1-25-21-9-5-4-8-19(21)23(12-13-23)20-11-10-17-16-7-3-2-6-15(16)14-18(17)22(20)24/h2-11H,12-14,24H2,1H3. The molecule has 0 amide bonds. The molecule has 0 aromatic heterocycles. The molecule has 3 aromatic carbocycles. The van der Waals surface area contributed by atoms with E-state index in [2.05, 4.69) is 54.6 Å². The summed E-state index contributed by atoms with van der Waals surface area (Å²) in [6.45, 7) is 0. The smallest absolute Gasteiger partial charge is 0.122 e. The molecule has 0 radical (unpaired) electrons. The lowest BCUT2D eigenvalue weighted by molar-refractivity contribution is 0.406. The van der Waals surface area contributed by atoms with Gasteiger partial charge in [0.15, 0.2) is 0 Å². The molecule has 0 saturated heterocycles. The molecule has 2 aliphatic carbocycles. The van der Waals surface area contributed by atoms with Crippen LogP contribution in [0.15, 0.2) is 60.7 Å². The number of nitrogen functional groups attached to an aromatic ring is 1. The lowest BCUT2D eigenvalue weighted by Crippen LogP contribution is -2.14. The van der Waals surface area contributed by atoms with Gasteiger partial charge in [-0.1, -0.05) is 54.6 Å². The number of ether oxygens (including phenoxy) is 1. The van der Waals surface area contributed by atoms with Crippen LogP contribution in [0, 0.1) is 0 Å². The van der Waals surface area contributed by atoms with E-state index in [0.717, 1.165) is 30.7 Å². The van der Waals surface area contributed by atoms with Gasteiger partial charge < -0.3 is 10.5 Å². The van der Waals surface area contributed by atoms with E-state index in [4.69, 9.17) is 10.5 Å². The third-order valence-corrected chi connectivity index (χ3v) is 5.92. The highest BCUT2D eigenvalue weighted by Gasteiger charge is 2.49. The van der Waals surface area contributed by atoms with Crippen LogP contribution in [0.2, 0.25) is 0 Å². The van der Waals surface area contributed by atoms with Gasteiger partial charge in [0.2, 0.25) is 0 Å². The molecule has 1 fully saturated rings. The summed E-state index contributed by atoms with van der Waals surface area (Å²) in [6, 6.07) is 21.5. The minimum absolute atomic E-state index is 0.0144. The Hall–Kier alpha value is -2.74. The average molecular weight is 327 g/mol. The molecule has 0 bridgehead atoms. The Bertz CT molecular complexity index is 985. The van der Waals surface area contributed by atoms with Crippen molar-refractivity contribution in [3.63, 3.8) is 0 Å². The molecule has 2 nitrogen and oxygen atoms in total. The first kappa shape index (κ1) is 14.6. The second-order valence-corrected chi connectivity index (χ2v) is 7.17. The predicted octanol–water partition coefficient (Wildman–Crippen LogP) is 4.93. The molecule has 5 rings (SSSR count). The highest BCUT2D eigenvalue weighted by molar-refractivity contribution is 5.83. The summed E-state index contributed by atoms with van der Waals surface area (Å²) in [6.07, 6.45) is 3.19. The van der Waals surface area contributed by atoms with Crippen LogP contribution in [0.1, 0.15) is 35.1 Å². The normalized spacial score (nSPS) is 16.2. The van der Waals surface area contributed by atoms with Gasteiger partial charge in [-0.25, -0.2) is 0 Å². The predicted molar refractivity (Wildman–Crippen MR) is 102 cm³/mol. The maximum Gasteiger partial charge on any atom is 0.122 e. The third kappa shape index (κ3) is 1.97. The SMILES string of the molecule is COc1ccccc1C1(c2ccc3c(c2N)Cc2ccccc2-3)CC1. The first-order chi connectivity index (χ1) is 12.2. The Labute approximate surface area is 148 Å². The molecule has 2 N–H and O–H groups in total. The summed E-state index contributed by atoms with van der Waals surface area (Å²) in [5, 5.41) is 0. The van der Waals surface area contributed by atoms with Crippen LogP contribution in [0.4, 0.5) is 5.69 Å². The third-order valence-electron chi connectivity index (χ3n) is 5.92. The van der Waals surface area contributed by atoms with Gasteiger partial charge in [-0.05, 0) is 46.7 Å². The fraction of sp³-hybridized carbons (Fsp3) is 0.217. The molecule has 0 atom stereocenters. The van der Waals surface area contributed by atoms with Crippen molar-refractivity contribution in [1.29, 1.82) is 0 Å². The van der Waals surface area contributed by atoms with Crippen LogP contribution in [0.25, 0.3) is 11.1 Å². The van der Waals surface area contributed by atoms with Crippen LogP contribution >= 0.6 is 0 Å². The van der Waals surface area contributed by atoms with E-state index in [1.165, 1.54) is 33.4 Å². The van der Waals surface area contributed by atoms with Gasteiger partial charge in [0.05, 0.1) is 7.11 Å². The molecule has 0 spiro atoms. The molecular formula is C23H21NO. The molecule has 0 unspecified atom stereocenters. The highest BCUT2D eigenvalue weighted by Crippen LogP contribution is 2.58. The molecule has 1 saturated carbocycles. The molecule has 25 heavy (non-hydrogen) atoms. The van der Waals surface area contributed by atoms with Gasteiger partial charge in [-0.2, -0.15) is 0 Å². The maximum absolute atomic E-state index is 6.73. The van der Waals surface area contributed by atoms with E-state index >= 15 is 0 Å². The minimum atomic E-state index is 0.0144. The lowest BCUT2D eigenvalue weighted by atomic mass is 9.84. The Balaban J connectivity index is 1.66. The first-order valence-electron chi connectivity index (χ1n) is 8.88. The van der Waals surface area contributed by atoms with Gasteiger partial charge in [0.1, 0.15) is 5.75 Å². The van der Waals surface area contributed by atoms with Gasteiger partial charge in [0, 0.05) is 23.1 Å². The number of benzene rings is 3. The summed E-state index contributed by atoms with van der Waals surface area (Å²) in [4.78, 5) is 0. The van der Waals surface area contributed by atoms with Crippen LogP contribution in [0.3, 0.4) is 0 Å². The zero-order chi connectivity index (χ0) is 17.0. The van der Waals surface area contributed by atoms with Crippen molar-refractivity contribution >= 4 is 5.69 Å². The van der Waals surface area contributed by atoms with E-state index < -0.39 is 0 Å². The summed E-state index contributed by atoms with van der Waals surface area (Å²) >= 11 is 0. The molecule has 3 aromatic rings. The fourth-order valence-corrected chi connectivity index (χ4v) is 4.50. The number of anilines is 1. The van der Waals surface area contributed by atoms with Crippen molar-refractivity contribution < 1.29 is 4.74 Å². The zero-order valence-corrected chi connectivity index (χ0v) is 14.4. The van der Waals surface area contributed by atoms with Gasteiger partial charge in [-0.15, -0.1) is 0 Å². The number of rotatable bonds is 3. The van der Waals surface area contributed by atoms with Gasteiger partial charge >= 0.3 is 0 Å². The zero-order valence-electron chi connectivity index (χ0n) is 14.4. The Kier molecular flexibility index (Phi) is 2.99. The van der Waals surface area contributed by atoms with E-state index in [1.54, 1.807) is 7.11 Å². The second kappa shape index (κ2) is 5.13. The van der Waals surface area contributed by atoms with Crippen molar-refractivity contribution in [2.24, 2.45) is 0 Å². The van der Waals surface area contributed by atoms with Crippen molar-refractivity contribution in [2.45, 2.75) is 24.7 Å². The number of nitrogens with two attached hydrogens (primary N) is 1. The quantitative estimate of drug-likeness (QED) is 0.542. The summed E-state index contributed by atoms with van der Waals surface area (Å²) < 4.78 is 5.64. The first-order valence-corrected chi connectivity index (χ1v) is 8.88. The summed E-state index contributed by atoms with van der Waals surface area (Å²) in [5.74, 6) is 0.961. The van der Waals surface area contributed by atoms with Crippen LogP contribution < -0.4 is 10.5 Å². The largest absolute Gasteiger partial charge is 0.496 e. The number of methoxy groups -OCH3 is 1. The van der Waals surface area contributed by atoms with Crippen molar-refractivity contribution in [2.75, 3.05) is 12.8 Å². The van der Waals surface area contributed by atoms with Crippen molar-refractivity contribution in [3.8, 4) is 16.9 Å². The van der Waals surface area contributed by atoms with E-state index in [0.29, 0.717) is 0 Å². The van der Waals surface area contributed by atoms with Crippen LogP contribution in [-0.4, -0.2) is 7.11 Å². The summed E-state index contributed by atoms with van der Waals surface area (Å²) in [7, 11) is 1.75. The van der Waals surface area contributed by atoms with Crippen LogP contribution in [-0.2, 0) is 11.8 Å². The van der Waals surface area contributed by atoms with E-state index in [-0.39, 0.29) is 5.41 Å². The molecule has 0 aliphatic heterocycles. The fourth-order valence-electron chi connectivity index (χ4n) is 4.50. The van der Waals surface area contributed by atoms with E-state index in [9.17, 15) is 0 Å². The number of para-hydroxylation sites is 1. The molecule has 2 aliphatic rings.